The van der Waals surface area contributed by atoms with Gasteiger partial charge in [-0.25, -0.2) is 15.6 Å². The second-order valence-corrected chi connectivity index (χ2v) is 5.05. The van der Waals surface area contributed by atoms with Gasteiger partial charge in [0.15, 0.2) is 5.82 Å². The molecule has 0 atom stereocenters. The van der Waals surface area contributed by atoms with Crippen LogP contribution in [0.15, 0.2) is 6.20 Å². The maximum atomic E-state index is 11.6. The number of carbonyl (C=O) groups excluding carboxylic acids is 1. The van der Waals surface area contributed by atoms with E-state index >= 15 is 0 Å². The van der Waals surface area contributed by atoms with Gasteiger partial charge in [0, 0.05) is 19.1 Å². The van der Waals surface area contributed by atoms with Gasteiger partial charge in [-0.3, -0.25) is 5.43 Å². The lowest BCUT2D eigenvalue weighted by atomic mass is 10.1. The van der Waals surface area contributed by atoms with Crippen LogP contribution in [0.4, 0.5) is 16.6 Å². The SMILES string of the molecule is CCOC(=O)N1CCC(Nc2nc(NN)ncc2Cl)CC1. The zero-order valence-corrected chi connectivity index (χ0v) is 12.6. The summed E-state index contributed by atoms with van der Waals surface area (Å²) in [5.74, 6) is 6.11. The number of likely N-dealkylation sites (tertiary alicyclic amines) is 1. The summed E-state index contributed by atoms with van der Waals surface area (Å²) >= 11 is 6.05. The molecule has 0 spiro atoms. The van der Waals surface area contributed by atoms with Crippen LogP contribution in [0, 0.1) is 0 Å². The number of nitrogen functional groups attached to an aromatic ring is 1. The van der Waals surface area contributed by atoms with Crippen LogP contribution in [-0.2, 0) is 4.74 Å². The number of halogens is 1. The fourth-order valence-electron chi connectivity index (χ4n) is 2.15. The molecular formula is C12H19ClN6O2. The van der Waals surface area contributed by atoms with E-state index in [1.165, 1.54) is 6.20 Å². The Morgan fingerprint density at radius 1 is 1.57 bits per heavy atom. The van der Waals surface area contributed by atoms with E-state index in [4.69, 9.17) is 22.2 Å². The molecule has 116 valence electrons. The Balaban J connectivity index is 1.90. The van der Waals surface area contributed by atoms with Crippen molar-refractivity contribution in [2.45, 2.75) is 25.8 Å². The van der Waals surface area contributed by atoms with Crippen molar-refractivity contribution in [3.63, 3.8) is 0 Å². The fraction of sp³-hybridized carbons (Fsp3) is 0.583. The second kappa shape index (κ2) is 7.28. The number of nitrogens with one attached hydrogen (secondary N) is 2. The molecule has 1 fully saturated rings. The summed E-state index contributed by atoms with van der Waals surface area (Å²) in [5.41, 5.74) is 2.38. The predicted molar refractivity (Wildman–Crippen MR) is 80.1 cm³/mol. The molecule has 0 bridgehead atoms. The van der Waals surface area contributed by atoms with Gasteiger partial charge in [-0.15, -0.1) is 0 Å². The summed E-state index contributed by atoms with van der Waals surface area (Å²) in [6, 6.07) is 0.189. The van der Waals surface area contributed by atoms with Crippen molar-refractivity contribution in [2.24, 2.45) is 5.84 Å². The Morgan fingerprint density at radius 2 is 2.29 bits per heavy atom. The number of aromatic nitrogens is 2. The molecular weight excluding hydrogens is 296 g/mol. The number of anilines is 2. The van der Waals surface area contributed by atoms with E-state index in [0.717, 1.165) is 12.8 Å². The first-order valence-electron chi connectivity index (χ1n) is 6.81. The van der Waals surface area contributed by atoms with Crippen LogP contribution in [0.3, 0.4) is 0 Å². The van der Waals surface area contributed by atoms with Crippen molar-refractivity contribution >= 4 is 29.5 Å². The number of hydrazine groups is 1. The first-order valence-corrected chi connectivity index (χ1v) is 7.19. The minimum Gasteiger partial charge on any atom is -0.450 e. The van der Waals surface area contributed by atoms with E-state index < -0.39 is 0 Å². The Bertz CT molecular complexity index is 493. The second-order valence-electron chi connectivity index (χ2n) is 4.64. The lowest BCUT2D eigenvalue weighted by Gasteiger charge is -2.32. The zero-order valence-electron chi connectivity index (χ0n) is 11.8. The number of hydrogen-bond acceptors (Lipinski definition) is 7. The van der Waals surface area contributed by atoms with Crippen LogP contribution < -0.4 is 16.6 Å². The van der Waals surface area contributed by atoms with Crippen molar-refractivity contribution in [1.29, 1.82) is 0 Å². The van der Waals surface area contributed by atoms with Gasteiger partial charge < -0.3 is 15.0 Å². The number of rotatable bonds is 4. The van der Waals surface area contributed by atoms with Gasteiger partial charge >= 0.3 is 6.09 Å². The van der Waals surface area contributed by atoms with Crippen molar-refractivity contribution in [3.05, 3.63) is 11.2 Å². The number of nitrogens with zero attached hydrogens (tertiary/aromatic N) is 3. The highest BCUT2D eigenvalue weighted by Crippen LogP contribution is 2.23. The van der Waals surface area contributed by atoms with Gasteiger partial charge in [0.1, 0.15) is 5.02 Å². The largest absolute Gasteiger partial charge is 0.450 e. The van der Waals surface area contributed by atoms with Gasteiger partial charge in [-0.1, -0.05) is 11.6 Å². The molecule has 1 aliphatic heterocycles. The van der Waals surface area contributed by atoms with E-state index in [1.54, 1.807) is 11.8 Å². The average Bonchev–Trinajstić information content (AvgIpc) is 2.50. The fourth-order valence-corrected chi connectivity index (χ4v) is 2.30. The van der Waals surface area contributed by atoms with Crippen molar-refractivity contribution < 1.29 is 9.53 Å². The maximum absolute atomic E-state index is 11.6. The minimum atomic E-state index is -0.259. The molecule has 0 unspecified atom stereocenters. The molecule has 8 nitrogen and oxygen atoms in total. The molecule has 4 N–H and O–H groups in total. The van der Waals surface area contributed by atoms with E-state index in [9.17, 15) is 4.79 Å². The molecule has 1 aromatic rings. The Hall–Kier alpha value is -1.80. The highest BCUT2D eigenvalue weighted by atomic mass is 35.5. The van der Waals surface area contributed by atoms with Crippen molar-refractivity contribution in [3.8, 4) is 0 Å². The summed E-state index contributed by atoms with van der Waals surface area (Å²) < 4.78 is 4.99. The number of hydrogen-bond donors (Lipinski definition) is 3. The van der Waals surface area contributed by atoms with E-state index in [-0.39, 0.29) is 12.1 Å². The lowest BCUT2D eigenvalue weighted by Crippen LogP contribution is -2.42. The summed E-state index contributed by atoms with van der Waals surface area (Å²) in [5, 5.41) is 3.69. The van der Waals surface area contributed by atoms with Crippen molar-refractivity contribution in [2.75, 3.05) is 30.4 Å². The molecule has 0 saturated carbocycles. The Kier molecular flexibility index (Phi) is 5.40. The highest BCUT2D eigenvalue weighted by molar-refractivity contribution is 6.32. The summed E-state index contributed by atoms with van der Waals surface area (Å²) in [7, 11) is 0. The number of ether oxygens (including phenoxy) is 1. The van der Waals surface area contributed by atoms with Gasteiger partial charge in [-0.2, -0.15) is 4.98 Å². The van der Waals surface area contributed by atoms with Crippen LogP contribution in [0.5, 0.6) is 0 Å². The molecule has 1 saturated heterocycles. The number of nitrogens with two attached hydrogens (primary N) is 1. The van der Waals surface area contributed by atoms with Crippen molar-refractivity contribution in [1.82, 2.24) is 14.9 Å². The molecule has 2 rings (SSSR count). The highest BCUT2D eigenvalue weighted by Gasteiger charge is 2.24. The third kappa shape index (κ3) is 4.08. The molecule has 2 heterocycles. The smallest absolute Gasteiger partial charge is 0.409 e. The topological polar surface area (TPSA) is 105 Å². The van der Waals surface area contributed by atoms with Gasteiger partial charge in [0.05, 0.1) is 12.8 Å². The average molecular weight is 315 g/mol. The third-order valence-corrected chi connectivity index (χ3v) is 3.51. The Labute approximate surface area is 128 Å². The third-order valence-electron chi connectivity index (χ3n) is 3.24. The van der Waals surface area contributed by atoms with E-state index in [0.29, 0.717) is 36.5 Å². The Morgan fingerprint density at radius 3 is 2.90 bits per heavy atom. The standard InChI is InChI=1S/C12H19ClN6O2/c1-2-21-12(20)19-5-3-8(4-6-19)16-10-9(13)7-15-11(17-10)18-14/h7-8H,2-6,14H2,1H3,(H2,15,16,17,18). The summed E-state index contributed by atoms with van der Waals surface area (Å²) in [6.45, 7) is 3.47. The summed E-state index contributed by atoms with van der Waals surface area (Å²) in [4.78, 5) is 21.4. The van der Waals surface area contributed by atoms with Gasteiger partial charge in [0.25, 0.3) is 0 Å². The molecule has 0 aliphatic carbocycles. The minimum absolute atomic E-state index is 0.189. The number of piperidine rings is 1. The monoisotopic (exact) mass is 314 g/mol. The molecule has 9 heteroatoms. The molecule has 1 aromatic heterocycles. The van der Waals surface area contributed by atoms with Gasteiger partial charge in [0.2, 0.25) is 5.95 Å². The normalized spacial score (nSPS) is 15.7. The first kappa shape index (κ1) is 15.6. The first-order chi connectivity index (χ1) is 10.1. The molecule has 1 aliphatic rings. The number of carbonyl (C=O) groups is 1. The van der Waals surface area contributed by atoms with Crippen LogP contribution in [0.25, 0.3) is 0 Å². The molecule has 21 heavy (non-hydrogen) atoms. The lowest BCUT2D eigenvalue weighted by molar-refractivity contribution is 0.0983. The molecule has 1 amide bonds. The molecule has 0 radical (unpaired) electrons. The molecule has 0 aromatic carbocycles. The predicted octanol–water partition coefficient (Wildman–Crippen LogP) is 1.45. The van der Waals surface area contributed by atoms with E-state index in [2.05, 4.69) is 20.7 Å². The number of amides is 1. The van der Waals surface area contributed by atoms with Gasteiger partial charge in [-0.05, 0) is 19.8 Å². The van der Waals surface area contributed by atoms with Crippen LogP contribution in [-0.4, -0.2) is 46.7 Å². The zero-order chi connectivity index (χ0) is 15.2. The van der Waals surface area contributed by atoms with Crippen LogP contribution in [0.1, 0.15) is 19.8 Å². The van der Waals surface area contributed by atoms with Crippen LogP contribution in [0.2, 0.25) is 5.02 Å². The van der Waals surface area contributed by atoms with Crippen LogP contribution >= 0.6 is 11.6 Å². The summed E-state index contributed by atoms with van der Waals surface area (Å²) in [6.07, 6.45) is 2.82. The quantitative estimate of drug-likeness (QED) is 0.570. The maximum Gasteiger partial charge on any atom is 0.409 e. The van der Waals surface area contributed by atoms with E-state index in [1.807, 2.05) is 0 Å².